The first-order chi connectivity index (χ1) is 8.72. The minimum atomic E-state index is -0.276. The predicted octanol–water partition coefficient (Wildman–Crippen LogP) is 1.52. The van der Waals surface area contributed by atoms with Gasteiger partial charge in [0.1, 0.15) is 18.3 Å². The van der Waals surface area contributed by atoms with Crippen LogP contribution < -0.4 is 0 Å². The van der Waals surface area contributed by atoms with Crippen LogP contribution in [-0.2, 0) is 23.0 Å². The van der Waals surface area contributed by atoms with Crippen molar-refractivity contribution in [1.82, 2.24) is 14.8 Å². The minimum Gasteiger partial charge on any atom is -0.373 e. The molecule has 0 spiro atoms. The van der Waals surface area contributed by atoms with Gasteiger partial charge in [-0.3, -0.25) is 9.48 Å². The number of methoxy groups -OCH3 is 1. The number of Topliss-reactive ketones (excluding diaryl/α,β-unsaturated/α-hetero) is 1. The van der Waals surface area contributed by atoms with Crippen LogP contribution in [0.25, 0.3) is 0 Å². The highest BCUT2D eigenvalue weighted by Gasteiger charge is 2.29. The average Bonchev–Trinajstić information content (AvgIpc) is 2.77. The molecule has 1 aromatic heterocycles. The molecule has 1 aliphatic rings. The fraction of sp³-hybridized carbons (Fsp3) is 0.769. The topological polar surface area (TPSA) is 57.0 Å². The van der Waals surface area contributed by atoms with Gasteiger partial charge in [0.25, 0.3) is 0 Å². The van der Waals surface area contributed by atoms with E-state index in [9.17, 15) is 4.79 Å². The van der Waals surface area contributed by atoms with Crippen LogP contribution in [0.3, 0.4) is 0 Å². The zero-order chi connectivity index (χ0) is 13.0. The van der Waals surface area contributed by atoms with E-state index in [0.717, 1.165) is 12.8 Å². The van der Waals surface area contributed by atoms with Crippen LogP contribution in [0.5, 0.6) is 0 Å². The van der Waals surface area contributed by atoms with Crippen molar-refractivity contribution in [3.8, 4) is 0 Å². The quantitative estimate of drug-likeness (QED) is 0.796. The molecule has 1 fully saturated rings. The van der Waals surface area contributed by atoms with E-state index in [2.05, 4.69) is 10.1 Å². The Morgan fingerprint density at radius 2 is 2.22 bits per heavy atom. The summed E-state index contributed by atoms with van der Waals surface area (Å²) in [4.78, 5) is 16.4. The van der Waals surface area contributed by atoms with E-state index in [0.29, 0.717) is 18.2 Å². The Kier molecular flexibility index (Phi) is 4.47. The maximum atomic E-state index is 12.3. The summed E-state index contributed by atoms with van der Waals surface area (Å²) in [6.45, 7) is 0. The van der Waals surface area contributed by atoms with Crippen LogP contribution in [-0.4, -0.2) is 33.8 Å². The molecular weight excluding hydrogens is 230 g/mol. The number of carbonyl (C=O) groups excluding carboxylic acids is 1. The van der Waals surface area contributed by atoms with Gasteiger partial charge in [0.05, 0.1) is 6.42 Å². The number of carbonyl (C=O) groups is 1. The van der Waals surface area contributed by atoms with Crippen molar-refractivity contribution >= 4 is 5.78 Å². The zero-order valence-electron chi connectivity index (χ0n) is 11.1. The molecule has 0 aromatic carbocycles. The number of nitrogens with zero attached hydrogens (tertiary/aromatic N) is 3. The minimum absolute atomic E-state index is 0.125. The highest BCUT2D eigenvalue weighted by molar-refractivity contribution is 5.84. The Morgan fingerprint density at radius 3 is 2.78 bits per heavy atom. The maximum Gasteiger partial charge on any atom is 0.169 e. The molecule has 18 heavy (non-hydrogen) atoms. The molecule has 0 saturated heterocycles. The molecule has 0 bridgehead atoms. The van der Waals surface area contributed by atoms with Gasteiger partial charge in [-0.25, -0.2) is 4.98 Å². The van der Waals surface area contributed by atoms with E-state index in [1.54, 1.807) is 18.8 Å². The average molecular weight is 251 g/mol. The molecule has 2 rings (SSSR count). The SMILES string of the molecule is COC(C(=O)Cc1ncnn1C)C1CCCCC1. The number of hydrogen-bond donors (Lipinski definition) is 0. The molecular formula is C13H21N3O2. The van der Waals surface area contributed by atoms with Crippen molar-refractivity contribution in [2.24, 2.45) is 13.0 Å². The lowest BCUT2D eigenvalue weighted by Gasteiger charge is -2.28. The number of ether oxygens (including phenoxy) is 1. The molecule has 1 saturated carbocycles. The lowest BCUT2D eigenvalue weighted by Crippen LogP contribution is -2.34. The van der Waals surface area contributed by atoms with Gasteiger partial charge in [-0.15, -0.1) is 0 Å². The molecule has 1 unspecified atom stereocenters. The normalized spacial score (nSPS) is 18.8. The Bertz CT molecular complexity index is 397. The van der Waals surface area contributed by atoms with Crippen LogP contribution in [0.1, 0.15) is 37.9 Å². The molecule has 0 radical (unpaired) electrons. The second-order valence-corrected chi connectivity index (χ2v) is 5.00. The third-order valence-corrected chi connectivity index (χ3v) is 3.79. The third-order valence-electron chi connectivity index (χ3n) is 3.79. The highest BCUT2D eigenvalue weighted by atomic mass is 16.5. The van der Waals surface area contributed by atoms with Gasteiger partial charge in [0.2, 0.25) is 0 Å². The number of hydrogen-bond acceptors (Lipinski definition) is 4. The Labute approximate surface area is 108 Å². The summed E-state index contributed by atoms with van der Waals surface area (Å²) in [5.74, 6) is 1.21. The van der Waals surface area contributed by atoms with Gasteiger partial charge < -0.3 is 4.74 Å². The van der Waals surface area contributed by atoms with Crippen LogP contribution in [0.4, 0.5) is 0 Å². The molecule has 0 N–H and O–H groups in total. The summed E-state index contributed by atoms with van der Waals surface area (Å²) >= 11 is 0. The standard InChI is InChI=1S/C13H21N3O2/c1-16-12(14-9-15-16)8-11(17)13(18-2)10-6-4-3-5-7-10/h9-10,13H,3-8H2,1-2H3. The largest absolute Gasteiger partial charge is 0.373 e. The summed E-state index contributed by atoms with van der Waals surface area (Å²) in [6.07, 6.45) is 7.42. The fourth-order valence-corrected chi connectivity index (χ4v) is 2.76. The molecule has 0 amide bonds. The Morgan fingerprint density at radius 1 is 1.50 bits per heavy atom. The zero-order valence-corrected chi connectivity index (χ0v) is 11.1. The highest BCUT2D eigenvalue weighted by Crippen LogP contribution is 2.28. The van der Waals surface area contributed by atoms with E-state index in [1.807, 2.05) is 0 Å². The summed E-state index contributed by atoms with van der Waals surface area (Å²) in [6, 6.07) is 0. The molecule has 100 valence electrons. The Hall–Kier alpha value is -1.23. The first kappa shape index (κ1) is 13.2. The van der Waals surface area contributed by atoms with Gasteiger partial charge in [-0.1, -0.05) is 19.3 Å². The molecule has 5 heteroatoms. The van der Waals surface area contributed by atoms with E-state index >= 15 is 0 Å². The van der Waals surface area contributed by atoms with Gasteiger partial charge >= 0.3 is 0 Å². The van der Waals surface area contributed by atoms with Crippen molar-refractivity contribution in [2.75, 3.05) is 7.11 Å². The lowest BCUT2D eigenvalue weighted by atomic mass is 9.83. The summed E-state index contributed by atoms with van der Waals surface area (Å²) < 4.78 is 7.08. The summed E-state index contributed by atoms with van der Waals surface area (Å²) in [7, 11) is 3.44. The maximum absolute atomic E-state index is 12.3. The van der Waals surface area contributed by atoms with Crippen LogP contribution in [0, 0.1) is 5.92 Å². The smallest absolute Gasteiger partial charge is 0.169 e. The van der Waals surface area contributed by atoms with Crippen LogP contribution in [0.2, 0.25) is 0 Å². The van der Waals surface area contributed by atoms with Crippen molar-refractivity contribution in [3.63, 3.8) is 0 Å². The number of ketones is 1. The van der Waals surface area contributed by atoms with Gasteiger partial charge in [0.15, 0.2) is 5.78 Å². The first-order valence-electron chi connectivity index (χ1n) is 6.60. The second kappa shape index (κ2) is 6.09. The predicted molar refractivity (Wildman–Crippen MR) is 67.1 cm³/mol. The number of aryl methyl sites for hydroxylation is 1. The molecule has 5 nitrogen and oxygen atoms in total. The molecule has 0 aliphatic heterocycles. The van der Waals surface area contributed by atoms with Gasteiger partial charge in [-0.2, -0.15) is 5.10 Å². The van der Waals surface area contributed by atoms with E-state index in [1.165, 1.54) is 25.6 Å². The van der Waals surface area contributed by atoms with Crippen molar-refractivity contribution in [2.45, 2.75) is 44.6 Å². The lowest BCUT2D eigenvalue weighted by molar-refractivity contribution is -0.132. The number of rotatable bonds is 5. The van der Waals surface area contributed by atoms with Crippen molar-refractivity contribution < 1.29 is 9.53 Å². The summed E-state index contributed by atoms with van der Waals surface area (Å²) in [5.41, 5.74) is 0. The van der Waals surface area contributed by atoms with Gasteiger partial charge in [-0.05, 0) is 18.8 Å². The second-order valence-electron chi connectivity index (χ2n) is 5.00. The van der Waals surface area contributed by atoms with E-state index in [-0.39, 0.29) is 11.9 Å². The van der Waals surface area contributed by atoms with Crippen molar-refractivity contribution in [3.05, 3.63) is 12.2 Å². The monoisotopic (exact) mass is 251 g/mol. The molecule has 1 atom stereocenters. The Balaban J connectivity index is 1.99. The molecule has 1 aliphatic carbocycles. The van der Waals surface area contributed by atoms with Crippen LogP contribution >= 0.6 is 0 Å². The summed E-state index contributed by atoms with van der Waals surface area (Å²) in [5, 5.41) is 3.98. The van der Waals surface area contributed by atoms with Gasteiger partial charge in [0, 0.05) is 14.2 Å². The molecule has 1 aromatic rings. The fourth-order valence-electron chi connectivity index (χ4n) is 2.76. The van der Waals surface area contributed by atoms with E-state index in [4.69, 9.17) is 4.74 Å². The number of aromatic nitrogens is 3. The van der Waals surface area contributed by atoms with E-state index < -0.39 is 0 Å². The third kappa shape index (κ3) is 2.96. The van der Waals surface area contributed by atoms with Crippen molar-refractivity contribution in [1.29, 1.82) is 0 Å². The molecule has 1 heterocycles. The van der Waals surface area contributed by atoms with Crippen LogP contribution in [0.15, 0.2) is 6.33 Å². The first-order valence-corrected chi connectivity index (χ1v) is 6.60.